The van der Waals surface area contributed by atoms with E-state index in [0.717, 1.165) is 30.6 Å². The summed E-state index contributed by atoms with van der Waals surface area (Å²) >= 11 is 0. The van der Waals surface area contributed by atoms with Crippen molar-refractivity contribution in [2.24, 2.45) is 35.5 Å². The molecule has 4 fully saturated rings. The van der Waals surface area contributed by atoms with Crippen LogP contribution in [0.1, 0.15) is 79.5 Å². The summed E-state index contributed by atoms with van der Waals surface area (Å²) in [7, 11) is 1.74. The van der Waals surface area contributed by atoms with Gasteiger partial charge in [-0.15, -0.1) is 0 Å². The van der Waals surface area contributed by atoms with Gasteiger partial charge in [0, 0.05) is 32.2 Å². The molecule has 0 spiro atoms. The van der Waals surface area contributed by atoms with Gasteiger partial charge in [-0.05, 0) is 61.7 Å². The number of aromatic nitrogens is 2. The molecular weight excluding hydrogens is 446 g/mol. The Labute approximate surface area is 210 Å². The number of rotatable bonds is 2. The van der Waals surface area contributed by atoms with Crippen molar-refractivity contribution in [3.05, 3.63) is 32.6 Å². The average molecular weight is 492 g/mol. The van der Waals surface area contributed by atoms with E-state index in [1.165, 1.54) is 24.3 Å². The van der Waals surface area contributed by atoms with Crippen LogP contribution in [0.4, 0.5) is 0 Å². The van der Waals surface area contributed by atoms with Crippen molar-refractivity contribution in [3.63, 3.8) is 0 Å². The fourth-order valence-electron chi connectivity index (χ4n) is 6.54. The quantitative estimate of drug-likeness (QED) is 0.646. The van der Waals surface area contributed by atoms with Crippen LogP contribution in [0.25, 0.3) is 0 Å². The zero-order valence-electron chi connectivity index (χ0n) is 21.6. The lowest BCUT2D eigenvalue weighted by atomic mass is 9.94. The van der Waals surface area contributed by atoms with Crippen LogP contribution < -0.4 is 11.2 Å². The van der Waals surface area contributed by atoms with Gasteiger partial charge in [0.15, 0.2) is 6.29 Å². The lowest BCUT2D eigenvalue weighted by molar-refractivity contribution is -0.123. The summed E-state index contributed by atoms with van der Waals surface area (Å²) in [6, 6.07) is 1.75. The van der Waals surface area contributed by atoms with Crippen LogP contribution in [0.5, 0.6) is 0 Å². The molecule has 0 radical (unpaired) electrons. The monoisotopic (exact) mass is 491 g/mol. The second kappa shape index (κ2) is 12.3. The predicted octanol–water partition coefficient (Wildman–Crippen LogP) is 4.63. The van der Waals surface area contributed by atoms with Crippen LogP contribution in [0.2, 0.25) is 0 Å². The normalized spacial score (nSPS) is 38.7. The molecule has 2 saturated heterocycles. The Kier molecular flexibility index (Phi) is 10.3. The molecule has 2 unspecified atom stereocenters. The summed E-state index contributed by atoms with van der Waals surface area (Å²) in [5.41, 5.74) is -0.150. The Morgan fingerprint density at radius 1 is 0.971 bits per heavy atom. The van der Waals surface area contributed by atoms with E-state index in [1.54, 1.807) is 26.3 Å². The number of ether oxygens (including phenoxy) is 3. The lowest BCUT2D eigenvalue weighted by Gasteiger charge is -2.18. The fraction of sp³-hybridized carbons (Fsp3) is 0.815. The highest BCUT2D eigenvalue weighted by molar-refractivity contribution is 5.03. The molecule has 2 saturated carbocycles. The van der Waals surface area contributed by atoms with Crippen molar-refractivity contribution in [1.82, 2.24) is 9.55 Å². The summed E-state index contributed by atoms with van der Waals surface area (Å²) in [6.07, 6.45) is 6.67. The van der Waals surface area contributed by atoms with Gasteiger partial charge in [0.05, 0.1) is 18.3 Å². The second-order valence-corrected chi connectivity index (χ2v) is 10.7. The zero-order valence-corrected chi connectivity index (χ0v) is 21.6. The SMILES string of the molecule is C.CC#N.COC1C[C@@H]2[C@H](O1)[C@H](C)C[C@H]2C.Cc1cn(C2C[C@@H]3[C@H](O2)[C@H](C)C[C@H]3C)c(=O)[nH]c1=O. The molecule has 8 heteroatoms. The maximum Gasteiger partial charge on any atom is 0.330 e. The van der Waals surface area contributed by atoms with Crippen molar-refractivity contribution in [2.45, 2.75) is 99.4 Å². The summed E-state index contributed by atoms with van der Waals surface area (Å²) < 4.78 is 18.6. The predicted molar refractivity (Wildman–Crippen MR) is 136 cm³/mol. The van der Waals surface area contributed by atoms with Gasteiger partial charge in [-0.1, -0.05) is 35.1 Å². The van der Waals surface area contributed by atoms with Gasteiger partial charge >= 0.3 is 5.69 Å². The van der Waals surface area contributed by atoms with Crippen molar-refractivity contribution < 1.29 is 14.2 Å². The molecule has 0 aromatic carbocycles. The molecule has 4 aliphatic rings. The molecule has 1 aromatic rings. The Morgan fingerprint density at radius 3 is 1.97 bits per heavy atom. The molecule has 8 nitrogen and oxygen atoms in total. The first kappa shape index (κ1) is 29.3. The maximum atomic E-state index is 11.9. The maximum absolute atomic E-state index is 11.9. The first-order chi connectivity index (χ1) is 16.1. The third-order valence-corrected chi connectivity index (χ3v) is 8.20. The second-order valence-electron chi connectivity index (χ2n) is 10.7. The minimum atomic E-state index is -0.374. The largest absolute Gasteiger partial charge is 0.356 e. The minimum Gasteiger partial charge on any atom is -0.356 e. The standard InChI is InChI=1S/C14H20N2O3.C10H18O2.C2H3N.CH4/c1-7-4-8(2)12-10(7)5-11(19-12)16-6-9(3)13(17)15-14(16)18;1-6-4-7(2)10-8(6)5-9(11-3)12-10;1-2-3;/h6-8,10-12H,4-5H2,1-3H3,(H,15,17,18);6-10H,4-5H2,1-3H3;1H3;1H4/t7-,8-,10+,11?,12-;6-,7-,8+,9?,10-;;/m11../s1. The molecule has 10 atom stereocenters. The molecule has 0 amide bonds. The van der Waals surface area contributed by atoms with Crippen molar-refractivity contribution >= 4 is 0 Å². The molecule has 2 aliphatic carbocycles. The Balaban J connectivity index is 0.000000233. The highest BCUT2D eigenvalue weighted by Gasteiger charge is 2.48. The van der Waals surface area contributed by atoms with E-state index in [1.807, 2.05) is 0 Å². The van der Waals surface area contributed by atoms with E-state index in [0.29, 0.717) is 29.4 Å². The van der Waals surface area contributed by atoms with Gasteiger partial charge in [-0.2, -0.15) is 5.26 Å². The Morgan fingerprint density at radius 2 is 1.49 bits per heavy atom. The number of aromatic amines is 1. The number of nitrogens with zero attached hydrogens (tertiary/aromatic N) is 2. The third kappa shape index (κ3) is 6.25. The van der Waals surface area contributed by atoms with Gasteiger partial charge in [0.1, 0.15) is 6.23 Å². The number of H-pyrrole nitrogens is 1. The fourth-order valence-corrected chi connectivity index (χ4v) is 6.54. The van der Waals surface area contributed by atoms with Crippen LogP contribution >= 0.6 is 0 Å². The van der Waals surface area contributed by atoms with E-state index in [-0.39, 0.29) is 37.3 Å². The topological polar surface area (TPSA) is 106 Å². The number of hydrogen-bond donors (Lipinski definition) is 1. The van der Waals surface area contributed by atoms with E-state index < -0.39 is 0 Å². The van der Waals surface area contributed by atoms with Gasteiger partial charge in [0.25, 0.3) is 5.56 Å². The van der Waals surface area contributed by atoms with Crippen molar-refractivity contribution in [3.8, 4) is 6.07 Å². The molecular formula is C27H45N3O5. The van der Waals surface area contributed by atoms with Gasteiger partial charge in [-0.25, -0.2) is 4.79 Å². The minimum absolute atomic E-state index is 0. The number of fused-ring (bicyclic) bond motifs is 2. The number of nitriles is 1. The lowest BCUT2D eigenvalue weighted by Crippen LogP contribution is -2.33. The first-order valence-corrected chi connectivity index (χ1v) is 12.6. The van der Waals surface area contributed by atoms with Crippen molar-refractivity contribution in [2.75, 3.05) is 7.11 Å². The highest BCUT2D eigenvalue weighted by Crippen LogP contribution is 2.48. The number of aryl methyl sites for hydroxylation is 1. The van der Waals surface area contributed by atoms with E-state index in [4.69, 9.17) is 19.5 Å². The molecule has 3 heterocycles. The van der Waals surface area contributed by atoms with E-state index in [2.05, 4.69) is 32.7 Å². The summed E-state index contributed by atoms with van der Waals surface area (Å²) in [4.78, 5) is 25.6. The highest BCUT2D eigenvalue weighted by atomic mass is 16.7. The van der Waals surface area contributed by atoms with Crippen LogP contribution in [-0.4, -0.2) is 35.2 Å². The number of methoxy groups -OCH3 is 1. The summed E-state index contributed by atoms with van der Waals surface area (Å²) in [6.45, 7) is 12.2. The van der Waals surface area contributed by atoms with Gasteiger partial charge in [-0.3, -0.25) is 14.3 Å². The van der Waals surface area contributed by atoms with Gasteiger partial charge in [0.2, 0.25) is 0 Å². The molecule has 1 N–H and O–H groups in total. The van der Waals surface area contributed by atoms with Crippen LogP contribution in [0.3, 0.4) is 0 Å². The Hall–Kier alpha value is -1.95. The van der Waals surface area contributed by atoms with E-state index >= 15 is 0 Å². The Bertz CT molecular complexity index is 950. The average Bonchev–Trinajstić information content (AvgIpc) is 3.51. The van der Waals surface area contributed by atoms with E-state index in [9.17, 15) is 9.59 Å². The molecule has 1 aromatic heterocycles. The number of hydrogen-bond acceptors (Lipinski definition) is 6. The van der Waals surface area contributed by atoms with Crippen LogP contribution in [0, 0.1) is 53.8 Å². The van der Waals surface area contributed by atoms with Crippen molar-refractivity contribution in [1.29, 1.82) is 5.26 Å². The molecule has 5 rings (SSSR count). The van der Waals surface area contributed by atoms with Crippen LogP contribution in [0.15, 0.2) is 15.8 Å². The zero-order chi connectivity index (χ0) is 25.2. The summed E-state index contributed by atoms with van der Waals surface area (Å²) in [5.74, 6) is 4.02. The van der Waals surface area contributed by atoms with Gasteiger partial charge < -0.3 is 14.2 Å². The van der Waals surface area contributed by atoms with Crippen LogP contribution in [-0.2, 0) is 14.2 Å². The number of nitrogens with one attached hydrogen (secondary N) is 1. The third-order valence-electron chi connectivity index (χ3n) is 8.20. The summed E-state index contributed by atoms with van der Waals surface area (Å²) in [5, 5.41) is 7.32. The first-order valence-electron chi connectivity index (χ1n) is 12.6. The molecule has 35 heavy (non-hydrogen) atoms. The smallest absolute Gasteiger partial charge is 0.330 e. The molecule has 0 bridgehead atoms. The molecule has 2 aliphatic heterocycles. The molecule has 198 valence electrons.